The Labute approximate surface area is 116 Å². The lowest BCUT2D eigenvalue weighted by Gasteiger charge is -2.52. The quantitative estimate of drug-likeness (QED) is 0.584. The number of allylic oxidation sites excluding steroid dienone is 2. The molecule has 0 amide bonds. The van der Waals surface area contributed by atoms with Gasteiger partial charge >= 0.3 is 0 Å². The van der Waals surface area contributed by atoms with Gasteiger partial charge in [0, 0.05) is 11.8 Å². The molecule has 0 spiro atoms. The number of rotatable bonds is 0. The second-order valence-corrected chi connectivity index (χ2v) is 7.71. The van der Waals surface area contributed by atoms with Gasteiger partial charge in [-0.2, -0.15) is 0 Å². The van der Waals surface area contributed by atoms with Crippen LogP contribution in [0, 0.1) is 29.1 Å². The van der Waals surface area contributed by atoms with E-state index < -0.39 is 0 Å². The van der Waals surface area contributed by atoms with Gasteiger partial charge in [0.1, 0.15) is 5.78 Å². The lowest BCUT2D eigenvalue weighted by molar-refractivity contribution is -0.126. The minimum atomic E-state index is -0.0529. The highest BCUT2D eigenvalue weighted by molar-refractivity contribution is 5.92. The molecule has 0 N–H and O–H groups in total. The van der Waals surface area contributed by atoms with Crippen molar-refractivity contribution in [2.75, 3.05) is 0 Å². The zero-order chi connectivity index (χ0) is 13.0. The second kappa shape index (κ2) is 4.20. The van der Waals surface area contributed by atoms with Crippen LogP contribution in [0.4, 0.5) is 0 Å². The summed E-state index contributed by atoms with van der Waals surface area (Å²) in [5, 5.41) is 0. The van der Waals surface area contributed by atoms with Crippen molar-refractivity contribution < 1.29 is 4.79 Å². The molecule has 1 nitrogen and oxygen atoms in total. The fraction of sp³-hybridized carbons (Fsp3) is 0.833. The highest BCUT2D eigenvalue weighted by atomic mass is 16.1. The van der Waals surface area contributed by atoms with Gasteiger partial charge in [-0.1, -0.05) is 30.9 Å². The number of Topliss-reactive ketones (excluding diaryl/α,β-unsaturated/α-hetero) is 1. The molecular weight excluding hydrogens is 232 g/mol. The van der Waals surface area contributed by atoms with Gasteiger partial charge in [0.15, 0.2) is 0 Å². The van der Waals surface area contributed by atoms with Crippen molar-refractivity contribution >= 4 is 5.78 Å². The van der Waals surface area contributed by atoms with Crippen molar-refractivity contribution in [3.05, 3.63) is 11.6 Å². The number of carbonyl (C=O) groups is 1. The maximum absolute atomic E-state index is 12.2. The lowest BCUT2D eigenvalue weighted by atomic mass is 9.52. The fourth-order valence-electron chi connectivity index (χ4n) is 5.98. The summed E-state index contributed by atoms with van der Waals surface area (Å²) in [7, 11) is 0. The van der Waals surface area contributed by atoms with Crippen LogP contribution in [0.1, 0.15) is 64.7 Å². The highest BCUT2D eigenvalue weighted by Gasteiger charge is 2.52. The Hall–Kier alpha value is -0.590. The summed E-state index contributed by atoms with van der Waals surface area (Å²) in [6.07, 6.45) is 14.2. The van der Waals surface area contributed by atoms with Crippen LogP contribution in [-0.2, 0) is 4.79 Å². The minimum absolute atomic E-state index is 0.0529. The number of carbonyl (C=O) groups excluding carboxylic acids is 1. The van der Waals surface area contributed by atoms with E-state index in [0.29, 0.717) is 5.78 Å². The van der Waals surface area contributed by atoms with Crippen LogP contribution < -0.4 is 0 Å². The van der Waals surface area contributed by atoms with Crippen molar-refractivity contribution in [1.29, 1.82) is 0 Å². The van der Waals surface area contributed by atoms with Crippen molar-refractivity contribution in [1.82, 2.24) is 0 Å². The van der Waals surface area contributed by atoms with Crippen LogP contribution in [0.15, 0.2) is 11.6 Å². The first-order valence-corrected chi connectivity index (χ1v) is 8.44. The number of hydrogen-bond donors (Lipinski definition) is 0. The third kappa shape index (κ3) is 1.63. The summed E-state index contributed by atoms with van der Waals surface area (Å²) in [5.74, 6) is 4.21. The zero-order valence-corrected chi connectivity index (χ0v) is 12.2. The predicted molar refractivity (Wildman–Crippen MR) is 76.7 cm³/mol. The topological polar surface area (TPSA) is 17.1 Å². The fourth-order valence-corrected chi connectivity index (χ4v) is 5.98. The molecule has 0 aromatic heterocycles. The molecule has 4 aliphatic rings. The first-order valence-electron chi connectivity index (χ1n) is 8.44. The van der Waals surface area contributed by atoms with E-state index in [4.69, 9.17) is 0 Å². The summed E-state index contributed by atoms with van der Waals surface area (Å²) < 4.78 is 0. The van der Waals surface area contributed by atoms with Crippen LogP contribution in [0.5, 0.6) is 0 Å². The molecule has 0 radical (unpaired) electrons. The molecule has 0 aliphatic heterocycles. The van der Waals surface area contributed by atoms with E-state index in [0.717, 1.165) is 36.5 Å². The van der Waals surface area contributed by atoms with Gasteiger partial charge in [-0.05, 0) is 62.7 Å². The monoisotopic (exact) mass is 258 g/mol. The smallest absolute Gasteiger partial charge is 0.146 e. The Morgan fingerprint density at radius 1 is 1.05 bits per heavy atom. The lowest BCUT2D eigenvalue weighted by Crippen LogP contribution is -2.44. The summed E-state index contributed by atoms with van der Waals surface area (Å²) in [6, 6.07) is 0. The SMILES string of the molecule is C[C@]12CC[C@@H]3[C@H]4CCCC[C@@H]4CC[C@H]3C1=CCC2=O. The molecule has 0 aromatic rings. The molecule has 0 saturated heterocycles. The molecule has 3 fully saturated rings. The minimum Gasteiger partial charge on any atom is -0.298 e. The van der Waals surface area contributed by atoms with Gasteiger partial charge in [-0.25, -0.2) is 0 Å². The van der Waals surface area contributed by atoms with Crippen LogP contribution in [0.3, 0.4) is 0 Å². The van der Waals surface area contributed by atoms with Gasteiger partial charge < -0.3 is 0 Å². The van der Waals surface area contributed by atoms with E-state index in [9.17, 15) is 4.79 Å². The Balaban J connectivity index is 1.64. The predicted octanol–water partition coefficient (Wildman–Crippen LogP) is 4.52. The van der Waals surface area contributed by atoms with Crippen molar-refractivity contribution in [2.45, 2.75) is 64.7 Å². The van der Waals surface area contributed by atoms with E-state index >= 15 is 0 Å². The molecule has 0 aromatic carbocycles. The van der Waals surface area contributed by atoms with Gasteiger partial charge in [0.25, 0.3) is 0 Å². The largest absolute Gasteiger partial charge is 0.298 e. The molecule has 3 saturated carbocycles. The van der Waals surface area contributed by atoms with Crippen LogP contribution in [0.2, 0.25) is 0 Å². The molecule has 0 heterocycles. The average Bonchev–Trinajstić information content (AvgIpc) is 2.75. The maximum Gasteiger partial charge on any atom is 0.146 e. The number of ketones is 1. The molecule has 19 heavy (non-hydrogen) atoms. The molecule has 4 rings (SSSR count). The Morgan fingerprint density at radius 3 is 2.79 bits per heavy atom. The molecule has 4 aliphatic carbocycles. The summed E-state index contributed by atoms with van der Waals surface area (Å²) in [4.78, 5) is 12.2. The third-order valence-electron chi connectivity index (χ3n) is 7.02. The molecule has 104 valence electrons. The van der Waals surface area contributed by atoms with E-state index in [1.54, 1.807) is 5.57 Å². The summed E-state index contributed by atoms with van der Waals surface area (Å²) >= 11 is 0. The molecule has 0 bridgehead atoms. The molecule has 1 heteroatoms. The average molecular weight is 258 g/mol. The van der Waals surface area contributed by atoms with E-state index in [1.165, 1.54) is 44.9 Å². The normalized spacial score (nSPS) is 49.1. The van der Waals surface area contributed by atoms with Gasteiger partial charge in [0.2, 0.25) is 0 Å². The Kier molecular flexibility index (Phi) is 2.69. The van der Waals surface area contributed by atoms with E-state index in [1.807, 2.05) is 0 Å². The Morgan fingerprint density at radius 2 is 1.89 bits per heavy atom. The standard InChI is InChI=1S/C18H26O/c1-18-11-10-14-13-5-3-2-4-12(13)6-7-15(14)16(18)8-9-17(18)19/h8,12-15H,2-7,9-11H2,1H3/t12-,13+,14-,15-,18+/m1/s1. The van der Waals surface area contributed by atoms with Crippen LogP contribution in [-0.4, -0.2) is 5.78 Å². The Bertz CT molecular complexity index is 435. The van der Waals surface area contributed by atoms with Gasteiger partial charge in [-0.3, -0.25) is 4.79 Å². The summed E-state index contributed by atoms with van der Waals surface area (Å²) in [6.45, 7) is 2.23. The van der Waals surface area contributed by atoms with Crippen molar-refractivity contribution in [3.8, 4) is 0 Å². The first kappa shape index (κ1) is 12.2. The number of hydrogen-bond acceptors (Lipinski definition) is 1. The zero-order valence-electron chi connectivity index (χ0n) is 12.2. The number of fused-ring (bicyclic) bond motifs is 5. The molecular formula is C18H26O. The molecule has 5 atom stereocenters. The van der Waals surface area contributed by atoms with Gasteiger partial charge in [0.05, 0.1) is 0 Å². The molecule has 0 unspecified atom stereocenters. The van der Waals surface area contributed by atoms with Crippen molar-refractivity contribution in [2.24, 2.45) is 29.1 Å². The van der Waals surface area contributed by atoms with Crippen LogP contribution >= 0.6 is 0 Å². The second-order valence-electron chi connectivity index (χ2n) is 7.71. The van der Waals surface area contributed by atoms with Crippen molar-refractivity contribution in [3.63, 3.8) is 0 Å². The van der Waals surface area contributed by atoms with Crippen LogP contribution in [0.25, 0.3) is 0 Å². The maximum atomic E-state index is 12.2. The summed E-state index contributed by atoms with van der Waals surface area (Å²) in [5.41, 5.74) is 1.51. The highest BCUT2D eigenvalue weighted by Crippen LogP contribution is 2.59. The third-order valence-corrected chi connectivity index (χ3v) is 7.02. The van der Waals surface area contributed by atoms with Gasteiger partial charge in [-0.15, -0.1) is 0 Å². The van der Waals surface area contributed by atoms with E-state index in [-0.39, 0.29) is 5.41 Å². The first-order chi connectivity index (χ1) is 9.20. The van der Waals surface area contributed by atoms with E-state index in [2.05, 4.69) is 13.0 Å².